The smallest absolute Gasteiger partial charge is 0.407 e. The van der Waals surface area contributed by atoms with E-state index in [2.05, 4.69) is 10.6 Å². The third kappa shape index (κ3) is 6.76. The monoisotopic (exact) mass is 411 g/mol. The van der Waals surface area contributed by atoms with Crippen LogP contribution in [0.2, 0.25) is 0 Å². The predicted molar refractivity (Wildman–Crippen MR) is 110 cm³/mol. The van der Waals surface area contributed by atoms with E-state index in [1.165, 1.54) is 0 Å². The molecule has 0 bridgehead atoms. The molecule has 9 heteroatoms. The van der Waals surface area contributed by atoms with Gasteiger partial charge in [-0.1, -0.05) is 0 Å². The van der Waals surface area contributed by atoms with E-state index in [9.17, 15) is 14.4 Å². The lowest BCUT2D eigenvalue weighted by molar-refractivity contribution is -0.147. The highest BCUT2D eigenvalue weighted by Crippen LogP contribution is 2.40. The number of amides is 4. The number of nitrogens with one attached hydrogen (secondary N) is 2. The van der Waals surface area contributed by atoms with Gasteiger partial charge >= 0.3 is 12.1 Å². The summed E-state index contributed by atoms with van der Waals surface area (Å²) >= 11 is 0. The second-order valence-electron chi connectivity index (χ2n) is 9.27. The molecule has 0 aliphatic carbocycles. The summed E-state index contributed by atoms with van der Waals surface area (Å²) < 4.78 is 5.18. The zero-order valence-electron chi connectivity index (χ0n) is 18.3. The number of hydrogen-bond acceptors (Lipinski definition) is 5. The lowest BCUT2D eigenvalue weighted by Crippen LogP contribution is -2.64. The summed E-state index contributed by atoms with van der Waals surface area (Å²) in [4.78, 5) is 39.5. The third-order valence-corrected chi connectivity index (χ3v) is 5.62. The number of urea groups is 1. The highest BCUT2D eigenvalue weighted by molar-refractivity contribution is 5.82. The number of nitrogens with zero attached hydrogens (tertiary/aromatic N) is 2. The molecule has 2 aliphatic rings. The summed E-state index contributed by atoms with van der Waals surface area (Å²) in [6.07, 6.45) is 3.54. The van der Waals surface area contributed by atoms with Gasteiger partial charge in [-0.05, 0) is 52.9 Å². The molecule has 4 N–H and O–H groups in total. The molecule has 0 unspecified atom stereocenters. The van der Waals surface area contributed by atoms with E-state index >= 15 is 0 Å². The molecule has 9 nitrogen and oxygen atoms in total. The first-order valence-electron chi connectivity index (χ1n) is 10.5. The molecule has 29 heavy (non-hydrogen) atoms. The first-order chi connectivity index (χ1) is 13.6. The first-order valence-corrected chi connectivity index (χ1v) is 10.5. The number of hydrogen-bond donors (Lipinski definition) is 3. The molecule has 1 atom stereocenters. The molecule has 0 radical (unpaired) electrons. The fourth-order valence-corrected chi connectivity index (χ4v) is 3.93. The lowest BCUT2D eigenvalue weighted by Gasteiger charge is -2.54. The summed E-state index contributed by atoms with van der Waals surface area (Å²) in [6.45, 7) is 8.91. The maximum atomic E-state index is 12.5. The van der Waals surface area contributed by atoms with Crippen LogP contribution in [-0.4, -0.2) is 79.2 Å². The Morgan fingerprint density at radius 3 is 2.28 bits per heavy atom. The van der Waals surface area contributed by atoms with Gasteiger partial charge < -0.3 is 30.9 Å². The molecule has 2 saturated heterocycles. The maximum absolute atomic E-state index is 12.5. The minimum absolute atomic E-state index is 0.00413. The Bertz CT molecular complexity index is 588. The Morgan fingerprint density at radius 2 is 1.72 bits per heavy atom. The topological polar surface area (TPSA) is 117 Å². The first kappa shape index (κ1) is 23.3. The zero-order valence-corrected chi connectivity index (χ0v) is 18.3. The predicted octanol–water partition coefficient (Wildman–Crippen LogP) is 1.27. The molecule has 166 valence electrons. The standard InChI is InChI=1S/C20H37N5O4/c1-19(2,3)29-18(28)23-10-6-5-7-15(21)16(26)25-13-20(14-25)8-11-24(12-9-20)17(27)22-4/h15H,5-14,21H2,1-4H3,(H,22,27)(H,23,28)/t15-/m1/s1. The van der Waals surface area contributed by atoms with Gasteiger partial charge in [0.25, 0.3) is 0 Å². The van der Waals surface area contributed by atoms with Gasteiger partial charge in [0.2, 0.25) is 5.91 Å². The van der Waals surface area contributed by atoms with Crippen molar-refractivity contribution >= 4 is 18.0 Å². The molecule has 0 aromatic rings. The summed E-state index contributed by atoms with van der Waals surface area (Å²) in [5, 5.41) is 5.37. The van der Waals surface area contributed by atoms with Gasteiger partial charge in [0.1, 0.15) is 5.60 Å². The number of piperidine rings is 1. The average molecular weight is 412 g/mol. The van der Waals surface area contributed by atoms with Crippen LogP contribution in [0.4, 0.5) is 9.59 Å². The van der Waals surface area contributed by atoms with Crippen molar-refractivity contribution in [3.05, 3.63) is 0 Å². The number of alkyl carbamates (subject to hydrolysis) is 1. The minimum atomic E-state index is -0.507. The van der Waals surface area contributed by atoms with Crippen molar-refractivity contribution in [1.82, 2.24) is 20.4 Å². The normalized spacial score (nSPS) is 19.3. The molecule has 4 amide bonds. The maximum Gasteiger partial charge on any atom is 0.407 e. The van der Waals surface area contributed by atoms with Gasteiger partial charge in [-0.2, -0.15) is 0 Å². The van der Waals surface area contributed by atoms with Crippen LogP contribution in [0, 0.1) is 5.41 Å². The highest BCUT2D eigenvalue weighted by atomic mass is 16.6. The number of rotatable bonds is 6. The van der Waals surface area contributed by atoms with Crippen molar-refractivity contribution in [2.45, 2.75) is 64.5 Å². The fourth-order valence-electron chi connectivity index (χ4n) is 3.93. The van der Waals surface area contributed by atoms with Gasteiger partial charge in [-0.25, -0.2) is 9.59 Å². The van der Waals surface area contributed by atoms with Crippen LogP contribution in [0.3, 0.4) is 0 Å². The quantitative estimate of drug-likeness (QED) is 0.569. The summed E-state index contributed by atoms with van der Waals surface area (Å²) in [5.74, 6) is 0.00413. The Hall–Kier alpha value is -2.03. The van der Waals surface area contributed by atoms with E-state index < -0.39 is 17.7 Å². The number of unbranched alkanes of at least 4 members (excludes halogenated alkanes) is 1. The Balaban J connectivity index is 1.60. The van der Waals surface area contributed by atoms with Crippen LogP contribution in [0.1, 0.15) is 52.9 Å². The molecule has 2 rings (SSSR count). The van der Waals surface area contributed by atoms with Crippen molar-refractivity contribution in [3.63, 3.8) is 0 Å². The van der Waals surface area contributed by atoms with Crippen LogP contribution >= 0.6 is 0 Å². The highest BCUT2D eigenvalue weighted by Gasteiger charge is 2.47. The van der Waals surface area contributed by atoms with Gasteiger partial charge in [-0.3, -0.25) is 4.79 Å². The van der Waals surface area contributed by atoms with Crippen molar-refractivity contribution in [2.75, 3.05) is 39.8 Å². The van der Waals surface area contributed by atoms with Crippen molar-refractivity contribution < 1.29 is 19.1 Å². The van der Waals surface area contributed by atoms with E-state index in [4.69, 9.17) is 10.5 Å². The molecule has 1 spiro atoms. The second-order valence-corrected chi connectivity index (χ2v) is 9.27. The molecule has 2 heterocycles. The van der Waals surface area contributed by atoms with E-state index in [0.29, 0.717) is 13.0 Å². The molecule has 2 aliphatic heterocycles. The van der Waals surface area contributed by atoms with Crippen molar-refractivity contribution in [3.8, 4) is 0 Å². The Labute approximate surface area is 173 Å². The fraction of sp³-hybridized carbons (Fsp3) is 0.850. The van der Waals surface area contributed by atoms with Gasteiger partial charge in [-0.15, -0.1) is 0 Å². The summed E-state index contributed by atoms with van der Waals surface area (Å²) in [5.41, 5.74) is 5.73. The molecule has 0 aromatic carbocycles. The molecule has 0 saturated carbocycles. The third-order valence-electron chi connectivity index (χ3n) is 5.62. The Kier molecular flexibility index (Phi) is 7.73. The van der Waals surface area contributed by atoms with E-state index in [0.717, 1.165) is 51.9 Å². The van der Waals surface area contributed by atoms with E-state index in [1.54, 1.807) is 7.05 Å². The number of carbonyl (C=O) groups is 3. The number of ether oxygens (including phenoxy) is 1. The number of likely N-dealkylation sites (tertiary alicyclic amines) is 2. The molecular formula is C20H37N5O4. The average Bonchev–Trinajstić information content (AvgIpc) is 2.63. The minimum Gasteiger partial charge on any atom is -0.444 e. The van der Waals surface area contributed by atoms with Crippen LogP contribution in [-0.2, 0) is 9.53 Å². The van der Waals surface area contributed by atoms with Crippen LogP contribution in [0.25, 0.3) is 0 Å². The van der Waals surface area contributed by atoms with Crippen molar-refractivity contribution in [1.29, 1.82) is 0 Å². The van der Waals surface area contributed by atoms with Gasteiger partial charge in [0.15, 0.2) is 0 Å². The Morgan fingerprint density at radius 1 is 1.10 bits per heavy atom. The number of carbonyl (C=O) groups excluding carboxylic acids is 3. The summed E-state index contributed by atoms with van der Waals surface area (Å²) in [7, 11) is 1.64. The SMILES string of the molecule is CNC(=O)N1CCC2(CC1)CN(C(=O)[C@H](N)CCCCNC(=O)OC(C)(C)C)C2. The van der Waals surface area contributed by atoms with Crippen molar-refractivity contribution in [2.24, 2.45) is 11.1 Å². The second kappa shape index (κ2) is 9.65. The van der Waals surface area contributed by atoms with Crippen LogP contribution in [0.5, 0.6) is 0 Å². The molecule has 0 aromatic heterocycles. The summed E-state index contributed by atoms with van der Waals surface area (Å²) in [6, 6.07) is -0.532. The molecule has 2 fully saturated rings. The largest absolute Gasteiger partial charge is 0.444 e. The molecular weight excluding hydrogens is 374 g/mol. The van der Waals surface area contributed by atoms with E-state index in [1.807, 2.05) is 30.6 Å². The van der Waals surface area contributed by atoms with E-state index in [-0.39, 0.29) is 17.4 Å². The number of nitrogens with two attached hydrogens (primary N) is 1. The van der Waals surface area contributed by atoms with Gasteiger partial charge in [0, 0.05) is 45.2 Å². The lowest BCUT2D eigenvalue weighted by atomic mass is 9.71. The van der Waals surface area contributed by atoms with Crippen LogP contribution < -0.4 is 16.4 Å². The zero-order chi connectivity index (χ0) is 21.7. The van der Waals surface area contributed by atoms with Crippen LogP contribution in [0.15, 0.2) is 0 Å². The van der Waals surface area contributed by atoms with Gasteiger partial charge in [0.05, 0.1) is 6.04 Å².